The lowest BCUT2D eigenvalue weighted by Gasteiger charge is -2.30. The molecule has 0 bridgehead atoms. The van der Waals surface area contributed by atoms with Gasteiger partial charge in [0.05, 0.1) is 16.8 Å². The van der Waals surface area contributed by atoms with E-state index in [1.165, 1.54) is 4.88 Å². The predicted molar refractivity (Wildman–Crippen MR) is 82.8 cm³/mol. The van der Waals surface area contributed by atoms with E-state index in [0.717, 1.165) is 17.3 Å². The molecule has 0 saturated carbocycles. The molecule has 5 nitrogen and oxygen atoms in total. The van der Waals surface area contributed by atoms with Crippen LogP contribution in [0.4, 0.5) is 0 Å². The number of aliphatic carboxylic acids is 1. The van der Waals surface area contributed by atoms with Crippen molar-refractivity contribution in [3.63, 3.8) is 0 Å². The Balaban J connectivity index is 1.63. The minimum Gasteiger partial charge on any atom is -0.481 e. The number of carboxylic acids is 1. The first-order chi connectivity index (χ1) is 10.1. The summed E-state index contributed by atoms with van der Waals surface area (Å²) in [5.74, 6) is -1.01. The molecular weight excluding hydrogens is 312 g/mol. The lowest BCUT2D eigenvalue weighted by molar-refractivity contribution is -0.145. The second kappa shape index (κ2) is 7.77. The number of thiophene rings is 1. The summed E-state index contributed by atoms with van der Waals surface area (Å²) in [5, 5.41) is 12.1. The average Bonchev–Trinajstić information content (AvgIpc) is 2.89. The quantitative estimate of drug-likeness (QED) is 0.781. The summed E-state index contributed by atoms with van der Waals surface area (Å²) >= 11 is 7.41. The topological polar surface area (TPSA) is 69.6 Å². The number of hydrogen-bond donors (Lipinski definition) is 2. The van der Waals surface area contributed by atoms with Gasteiger partial charge < -0.3 is 15.3 Å². The molecule has 2 N–H and O–H groups in total. The van der Waals surface area contributed by atoms with Gasteiger partial charge >= 0.3 is 5.97 Å². The number of piperidine rings is 1. The SMILES string of the molecule is O=C(O)C1CCN(C(=O)CNCCc2ccc(Cl)s2)CC1. The standard InChI is InChI=1S/C14H19ClN2O3S/c15-12-2-1-11(21-12)3-6-16-9-13(18)17-7-4-10(5-8-17)14(19)20/h1-2,10,16H,3-9H2,(H,19,20). The van der Waals surface area contributed by atoms with Crippen LogP contribution in [-0.2, 0) is 16.0 Å². The van der Waals surface area contributed by atoms with Gasteiger partial charge in [-0.25, -0.2) is 0 Å². The van der Waals surface area contributed by atoms with E-state index in [9.17, 15) is 9.59 Å². The molecule has 0 radical (unpaired) electrons. The lowest BCUT2D eigenvalue weighted by atomic mass is 9.97. The Bertz CT molecular complexity index is 498. The van der Waals surface area contributed by atoms with Crippen LogP contribution in [0.2, 0.25) is 4.34 Å². The summed E-state index contributed by atoms with van der Waals surface area (Å²) in [6.07, 6.45) is 1.95. The molecule has 2 heterocycles. The fourth-order valence-electron chi connectivity index (χ4n) is 2.38. The van der Waals surface area contributed by atoms with Crippen molar-refractivity contribution in [1.82, 2.24) is 10.2 Å². The van der Waals surface area contributed by atoms with Gasteiger partial charge in [0.25, 0.3) is 0 Å². The highest BCUT2D eigenvalue weighted by atomic mass is 35.5. The van der Waals surface area contributed by atoms with Gasteiger partial charge in [0, 0.05) is 24.5 Å². The van der Waals surface area contributed by atoms with E-state index < -0.39 is 5.97 Å². The van der Waals surface area contributed by atoms with E-state index in [1.54, 1.807) is 16.2 Å². The highest BCUT2D eigenvalue weighted by Crippen LogP contribution is 2.21. The molecule has 1 saturated heterocycles. The van der Waals surface area contributed by atoms with Crippen molar-refractivity contribution in [2.75, 3.05) is 26.2 Å². The highest BCUT2D eigenvalue weighted by Gasteiger charge is 2.26. The molecule has 0 aromatic carbocycles. The van der Waals surface area contributed by atoms with E-state index in [0.29, 0.717) is 32.5 Å². The van der Waals surface area contributed by atoms with Crippen molar-refractivity contribution in [1.29, 1.82) is 0 Å². The van der Waals surface area contributed by atoms with Crippen LogP contribution in [0.5, 0.6) is 0 Å². The Labute approximate surface area is 132 Å². The van der Waals surface area contributed by atoms with E-state index >= 15 is 0 Å². The van der Waals surface area contributed by atoms with E-state index in [-0.39, 0.29) is 11.8 Å². The zero-order chi connectivity index (χ0) is 15.2. The normalized spacial score (nSPS) is 16.1. The second-order valence-electron chi connectivity index (χ2n) is 5.13. The maximum atomic E-state index is 12.0. The van der Waals surface area contributed by atoms with E-state index in [4.69, 9.17) is 16.7 Å². The molecule has 1 aliphatic heterocycles. The van der Waals surface area contributed by atoms with Gasteiger partial charge in [0.2, 0.25) is 5.91 Å². The molecule has 1 aliphatic rings. The van der Waals surface area contributed by atoms with E-state index in [1.807, 2.05) is 12.1 Å². The van der Waals surface area contributed by atoms with Crippen LogP contribution in [-0.4, -0.2) is 48.1 Å². The van der Waals surface area contributed by atoms with Crippen LogP contribution in [0.1, 0.15) is 17.7 Å². The fourth-order valence-corrected chi connectivity index (χ4v) is 3.47. The number of carbonyl (C=O) groups is 2. The Morgan fingerprint density at radius 1 is 1.38 bits per heavy atom. The molecule has 0 atom stereocenters. The third kappa shape index (κ3) is 4.98. The summed E-state index contributed by atoms with van der Waals surface area (Å²) in [6, 6.07) is 3.87. The number of halogens is 1. The molecule has 0 unspecified atom stereocenters. The Kier molecular flexibility index (Phi) is 6.02. The summed E-state index contributed by atoms with van der Waals surface area (Å²) in [7, 11) is 0. The van der Waals surface area contributed by atoms with Crippen molar-refractivity contribution in [2.45, 2.75) is 19.3 Å². The van der Waals surface area contributed by atoms with Gasteiger partial charge in [-0.1, -0.05) is 11.6 Å². The molecule has 2 rings (SSSR count). The number of carboxylic acid groups (broad SMARTS) is 1. The maximum Gasteiger partial charge on any atom is 0.306 e. The van der Waals surface area contributed by atoms with Crippen molar-refractivity contribution in [3.05, 3.63) is 21.3 Å². The number of hydrogen-bond acceptors (Lipinski definition) is 4. The first kappa shape index (κ1) is 16.3. The van der Waals surface area contributed by atoms with Gasteiger partial charge in [-0.15, -0.1) is 11.3 Å². The lowest BCUT2D eigenvalue weighted by Crippen LogP contribution is -2.44. The summed E-state index contributed by atoms with van der Waals surface area (Å²) < 4.78 is 0.780. The first-order valence-electron chi connectivity index (χ1n) is 7.02. The molecule has 0 aliphatic carbocycles. The van der Waals surface area contributed by atoms with E-state index in [2.05, 4.69) is 5.32 Å². The summed E-state index contributed by atoms with van der Waals surface area (Å²) in [6.45, 7) is 2.11. The maximum absolute atomic E-state index is 12.0. The van der Waals surface area contributed by atoms with Crippen molar-refractivity contribution in [2.24, 2.45) is 5.92 Å². The van der Waals surface area contributed by atoms with Gasteiger partial charge in [-0.2, -0.15) is 0 Å². The number of nitrogens with one attached hydrogen (secondary N) is 1. The number of carbonyl (C=O) groups excluding carboxylic acids is 1. The van der Waals surface area contributed by atoms with Crippen LogP contribution >= 0.6 is 22.9 Å². The van der Waals surface area contributed by atoms with Crippen LogP contribution in [0, 0.1) is 5.92 Å². The van der Waals surface area contributed by atoms with Crippen LogP contribution in [0.3, 0.4) is 0 Å². The fraction of sp³-hybridized carbons (Fsp3) is 0.571. The molecule has 7 heteroatoms. The van der Waals surface area contributed by atoms with Gasteiger partial charge in [0.15, 0.2) is 0 Å². The zero-order valence-corrected chi connectivity index (χ0v) is 13.3. The second-order valence-corrected chi connectivity index (χ2v) is 6.93. The monoisotopic (exact) mass is 330 g/mol. The number of nitrogens with zero attached hydrogens (tertiary/aromatic N) is 1. The number of likely N-dealkylation sites (tertiary alicyclic amines) is 1. The first-order valence-corrected chi connectivity index (χ1v) is 8.21. The smallest absolute Gasteiger partial charge is 0.306 e. The Morgan fingerprint density at radius 2 is 2.10 bits per heavy atom. The molecule has 1 fully saturated rings. The zero-order valence-electron chi connectivity index (χ0n) is 11.7. The largest absolute Gasteiger partial charge is 0.481 e. The minimum atomic E-state index is -0.755. The van der Waals surface area contributed by atoms with Gasteiger partial charge in [-0.05, 0) is 31.4 Å². The van der Waals surface area contributed by atoms with Gasteiger partial charge in [0.1, 0.15) is 0 Å². The third-order valence-corrected chi connectivity index (χ3v) is 4.94. The van der Waals surface area contributed by atoms with Crippen LogP contribution in [0.15, 0.2) is 12.1 Å². The Hall–Kier alpha value is -1.11. The molecule has 116 valence electrons. The molecule has 1 amide bonds. The summed E-state index contributed by atoms with van der Waals surface area (Å²) in [5.41, 5.74) is 0. The molecule has 1 aromatic heterocycles. The third-order valence-electron chi connectivity index (χ3n) is 3.65. The van der Waals surface area contributed by atoms with Crippen molar-refractivity contribution in [3.8, 4) is 0 Å². The van der Waals surface area contributed by atoms with Crippen LogP contribution < -0.4 is 5.32 Å². The van der Waals surface area contributed by atoms with Crippen LogP contribution in [0.25, 0.3) is 0 Å². The minimum absolute atomic E-state index is 0.0445. The van der Waals surface area contributed by atoms with Crippen molar-refractivity contribution >= 4 is 34.8 Å². The number of rotatable bonds is 6. The Morgan fingerprint density at radius 3 is 2.67 bits per heavy atom. The van der Waals surface area contributed by atoms with Gasteiger partial charge in [-0.3, -0.25) is 9.59 Å². The molecular formula is C14H19ClN2O3S. The molecule has 0 spiro atoms. The summed E-state index contributed by atoms with van der Waals surface area (Å²) in [4.78, 5) is 25.8. The highest BCUT2D eigenvalue weighted by molar-refractivity contribution is 7.16. The molecule has 21 heavy (non-hydrogen) atoms. The van der Waals surface area contributed by atoms with Crippen molar-refractivity contribution < 1.29 is 14.7 Å². The predicted octanol–water partition coefficient (Wildman–Crippen LogP) is 1.86. The average molecular weight is 331 g/mol. The number of amides is 1. The molecule has 1 aromatic rings.